The van der Waals surface area contributed by atoms with Crippen LogP contribution in [0.2, 0.25) is 14.8 Å². The van der Waals surface area contributed by atoms with E-state index in [2.05, 4.69) is 59.5 Å². The minimum atomic E-state index is -2.01. The fourth-order valence-corrected chi connectivity index (χ4v) is 5.50. The summed E-state index contributed by atoms with van der Waals surface area (Å²) in [7, 11) is 0. The summed E-state index contributed by atoms with van der Waals surface area (Å²) < 4.78 is 1.49. The average Bonchev–Trinajstić information content (AvgIpc) is 2.55. The molecule has 0 saturated carbocycles. The van der Waals surface area contributed by atoms with Crippen molar-refractivity contribution in [3.8, 4) is 22.8 Å². The number of rotatable bonds is 3. The molecule has 0 radical (unpaired) electrons. The Bertz CT molecular complexity index is 747. The van der Waals surface area contributed by atoms with E-state index in [-0.39, 0.29) is 0 Å². The van der Waals surface area contributed by atoms with E-state index in [1.54, 1.807) is 0 Å². The monoisotopic (exact) mass is 398 g/mol. The van der Waals surface area contributed by atoms with Crippen LogP contribution in [0, 0.1) is 0 Å². The van der Waals surface area contributed by atoms with Gasteiger partial charge in [0.1, 0.15) is 0 Å². The summed E-state index contributed by atoms with van der Waals surface area (Å²) in [6.07, 6.45) is 0. The zero-order valence-corrected chi connectivity index (χ0v) is 15.8. The molecule has 0 spiro atoms. The minimum absolute atomic E-state index is 0.548. The second-order valence-corrected chi connectivity index (χ2v) is 20.7. The summed E-state index contributed by atoms with van der Waals surface area (Å²) >= 11 is -2.01. The van der Waals surface area contributed by atoms with E-state index in [0.29, 0.717) is 11.6 Å². The maximum atomic E-state index is 4.21. The topological polar surface area (TPSA) is 51.6 Å². The summed E-state index contributed by atoms with van der Waals surface area (Å²) in [5.74, 6) is 1.11. The van der Waals surface area contributed by atoms with Crippen molar-refractivity contribution >= 4 is 22.0 Å². The van der Waals surface area contributed by atoms with Gasteiger partial charge in [-0.2, -0.15) is 0 Å². The Kier molecular flexibility index (Phi) is 4.20. The normalized spacial score (nSPS) is 11.4. The molecule has 0 N–H and O–H groups in total. The first-order valence-corrected chi connectivity index (χ1v) is 17.3. The van der Waals surface area contributed by atoms with Crippen LogP contribution in [0.15, 0.2) is 54.6 Å². The Balaban J connectivity index is 1.87. The van der Waals surface area contributed by atoms with Gasteiger partial charge in [0.2, 0.25) is 0 Å². The SMILES string of the molecule is [CH3][Sn]([CH3])([CH3])[c]1ccc(-c2nnc(-c3ccccc3)nn2)cc1. The molecule has 0 saturated heterocycles. The molecule has 0 amide bonds. The fraction of sp³-hybridized carbons (Fsp3) is 0.176. The van der Waals surface area contributed by atoms with Gasteiger partial charge in [0.05, 0.1) is 0 Å². The molecule has 0 aliphatic carbocycles. The van der Waals surface area contributed by atoms with Crippen molar-refractivity contribution in [1.82, 2.24) is 20.4 Å². The van der Waals surface area contributed by atoms with E-state index < -0.39 is 18.4 Å². The van der Waals surface area contributed by atoms with E-state index in [1.807, 2.05) is 30.3 Å². The Morgan fingerprint density at radius 1 is 0.591 bits per heavy atom. The maximum absolute atomic E-state index is 4.21. The second-order valence-electron chi connectivity index (χ2n) is 6.24. The molecule has 3 rings (SSSR count). The molecular weight excluding hydrogens is 379 g/mol. The molecule has 0 fully saturated rings. The van der Waals surface area contributed by atoms with Crippen molar-refractivity contribution in [3.05, 3.63) is 54.6 Å². The van der Waals surface area contributed by atoms with Crippen LogP contribution in [0.5, 0.6) is 0 Å². The van der Waals surface area contributed by atoms with Crippen molar-refractivity contribution in [2.45, 2.75) is 14.8 Å². The van der Waals surface area contributed by atoms with Gasteiger partial charge >= 0.3 is 135 Å². The van der Waals surface area contributed by atoms with Crippen LogP contribution in [-0.2, 0) is 0 Å². The van der Waals surface area contributed by atoms with Crippen LogP contribution in [0.3, 0.4) is 0 Å². The number of nitrogens with zero attached hydrogens (tertiary/aromatic N) is 4. The van der Waals surface area contributed by atoms with Gasteiger partial charge < -0.3 is 0 Å². The Hall–Kier alpha value is -1.82. The van der Waals surface area contributed by atoms with Crippen LogP contribution in [0.1, 0.15) is 0 Å². The van der Waals surface area contributed by atoms with Crippen molar-refractivity contribution in [2.75, 3.05) is 0 Å². The third-order valence-electron chi connectivity index (χ3n) is 3.52. The van der Waals surface area contributed by atoms with E-state index in [0.717, 1.165) is 11.1 Å². The molecule has 0 aliphatic rings. The van der Waals surface area contributed by atoms with Crippen LogP contribution in [0.25, 0.3) is 22.8 Å². The molecule has 110 valence electrons. The molecular formula is C17H18N4Sn. The molecule has 0 aliphatic heterocycles. The average molecular weight is 397 g/mol. The predicted octanol–water partition coefficient (Wildman–Crippen LogP) is 3.15. The summed E-state index contributed by atoms with van der Waals surface area (Å²) in [4.78, 5) is 7.20. The molecule has 1 heterocycles. The van der Waals surface area contributed by atoms with Crippen molar-refractivity contribution in [1.29, 1.82) is 0 Å². The Labute approximate surface area is 134 Å². The molecule has 0 unspecified atom stereocenters. The molecule has 2 aromatic carbocycles. The summed E-state index contributed by atoms with van der Waals surface area (Å²) in [6, 6.07) is 18.3. The van der Waals surface area contributed by atoms with Crippen LogP contribution >= 0.6 is 0 Å². The zero-order chi connectivity index (χ0) is 15.6. The second kappa shape index (κ2) is 6.12. The third kappa shape index (κ3) is 3.32. The van der Waals surface area contributed by atoms with Gasteiger partial charge in [0.25, 0.3) is 0 Å². The predicted molar refractivity (Wildman–Crippen MR) is 91.5 cm³/mol. The van der Waals surface area contributed by atoms with Gasteiger partial charge in [-0.15, -0.1) is 0 Å². The molecule has 0 bridgehead atoms. The molecule has 1 aromatic heterocycles. The van der Waals surface area contributed by atoms with Gasteiger partial charge in [-0.05, 0) is 0 Å². The zero-order valence-electron chi connectivity index (χ0n) is 13.0. The Morgan fingerprint density at radius 3 is 1.50 bits per heavy atom. The van der Waals surface area contributed by atoms with Gasteiger partial charge in [-0.3, -0.25) is 0 Å². The number of hydrogen-bond acceptors (Lipinski definition) is 4. The van der Waals surface area contributed by atoms with Gasteiger partial charge in [-0.1, -0.05) is 0 Å². The first-order valence-electron chi connectivity index (χ1n) is 7.28. The summed E-state index contributed by atoms with van der Waals surface area (Å²) in [5.41, 5.74) is 1.88. The Morgan fingerprint density at radius 2 is 1.05 bits per heavy atom. The van der Waals surface area contributed by atoms with E-state index >= 15 is 0 Å². The standard InChI is InChI=1S/C14H9N4.3CH3.Sn/c1-3-7-11(8-4-1)13-15-17-14(18-16-13)12-9-5-2-6-10-12;;;;/h1,3-10H;3*1H3;. The van der Waals surface area contributed by atoms with Crippen molar-refractivity contribution < 1.29 is 0 Å². The molecule has 3 aromatic rings. The molecule has 22 heavy (non-hydrogen) atoms. The number of aromatic nitrogens is 4. The summed E-state index contributed by atoms with van der Waals surface area (Å²) in [5, 5.41) is 16.8. The fourth-order valence-electron chi connectivity index (χ4n) is 2.17. The van der Waals surface area contributed by atoms with Crippen LogP contribution < -0.4 is 3.58 Å². The van der Waals surface area contributed by atoms with E-state index in [1.165, 1.54) is 3.58 Å². The van der Waals surface area contributed by atoms with Crippen LogP contribution in [0.4, 0.5) is 0 Å². The van der Waals surface area contributed by atoms with Crippen molar-refractivity contribution in [3.63, 3.8) is 0 Å². The number of hydrogen-bond donors (Lipinski definition) is 0. The van der Waals surface area contributed by atoms with E-state index in [9.17, 15) is 0 Å². The molecule has 5 heteroatoms. The quantitative estimate of drug-likeness (QED) is 0.638. The van der Waals surface area contributed by atoms with Crippen molar-refractivity contribution in [2.24, 2.45) is 0 Å². The van der Waals surface area contributed by atoms with E-state index in [4.69, 9.17) is 0 Å². The van der Waals surface area contributed by atoms with Gasteiger partial charge in [0.15, 0.2) is 0 Å². The third-order valence-corrected chi connectivity index (χ3v) is 9.41. The summed E-state index contributed by atoms with van der Waals surface area (Å²) in [6.45, 7) is 0. The van der Waals surface area contributed by atoms with Gasteiger partial charge in [-0.25, -0.2) is 0 Å². The first kappa shape index (κ1) is 15.1. The first-order chi connectivity index (χ1) is 10.5. The van der Waals surface area contributed by atoms with Crippen LogP contribution in [-0.4, -0.2) is 38.8 Å². The molecule has 0 atom stereocenters. The number of benzene rings is 2. The van der Waals surface area contributed by atoms with Gasteiger partial charge in [0, 0.05) is 0 Å². The molecule has 4 nitrogen and oxygen atoms in total.